The minimum absolute atomic E-state index is 0.289. The molecule has 2 rings (SSSR count). The van der Waals surface area contributed by atoms with Crippen molar-refractivity contribution in [1.29, 1.82) is 0 Å². The number of nitrogens with two attached hydrogens (primary N) is 1. The first-order valence-electron chi connectivity index (χ1n) is 7.80. The van der Waals surface area contributed by atoms with Gasteiger partial charge in [0.15, 0.2) is 0 Å². The van der Waals surface area contributed by atoms with Crippen molar-refractivity contribution in [1.82, 2.24) is 9.80 Å². The molecule has 2 aliphatic rings. The Balaban J connectivity index is 1.85. The van der Waals surface area contributed by atoms with Crippen LogP contribution < -0.4 is 5.73 Å². The van der Waals surface area contributed by atoms with Gasteiger partial charge >= 0.3 is 0 Å². The first kappa shape index (κ1) is 14.3. The smallest absolute Gasteiger partial charge is 0.0331 e. The first-order valence-corrected chi connectivity index (χ1v) is 7.80. The maximum Gasteiger partial charge on any atom is 0.0331 e. The van der Waals surface area contributed by atoms with Crippen LogP contribution in [0.15, 0.2) is 0 Å². The zero-order valence-corrected chi connectivity index (χ0v) is 12.3. The second-order valence-electron chi connectivity index (χ2n) is 6.60. The monoisotopic (exact) mass is 253 g/mol. The van der Waals surface area contributed by atoms with Crippen LogP contribution in [-0.2, 0) is 0 Å². The molecule has 0 aromatic carbocycles. The molecule has 2 atom stereocenters. The van der Waals surface area contributed by atoms with Crippen LogP contribution in [-0.4, -0.2) is 55.1 Å². The number of hydrogen-bond acceptors (Lipinski definition) is 3. The average molecular weight is 253 g/mol. The van der Waals surface area contributed by atoms with Gasteiger partial charge in [-0.25, -0.2) is 0 Å². The number of likely N-dealkylation sites (tertiary alicyclic amines) is 1. The summed E-state index contributed by atoms with van der Waals surface area (Å²) in [6, 6.07) is 0. The highest BCUT2D eigenvalue weighted by molar-refractivity contribution is 4.95. The van der Waals surface area contributed by atoms with Crippen LogP contribution >= 0.6 is 0 Å². The summed E-state index contributed by atoms with van der Waals surface area (Å²) in [5.41, 5.74) is 6.42. The molecule has 0 aromatic heterocycles. The van der Waals surface area contributed by atoms with E-state index < -0.39 is 0 Å². The standard InChI is InChI=1S/C15H31N3/c1-14-6-5-7-15(12-14,13-16)17(2)10-11-18-8-3-4-9-18/h14H,3-13,16H2,1-2H3. The van der Waals surface area contributed by atoms with Crippen LogP contribution in [0.4, 0.5) is 0 Å². The Morgan fingerprint density at radius 2 is 2.00 bits per heavy atom. The van der Waals surface area contributed by atoms with Crippen molar-refractivity contribution in [3.63, 3.8) is 0 Å². The molecule has 0 bridgehead atoms. The average Bonchev–Trinajstić information content (AvgIpc) is 2.88. The summed E-state index contributed by atoms with van der Waals surface area (Å²) in [5.74, 6) is 0.844. The summed E-state index contributed by atoms with van der Waals surface area (Å²) in [6.45, 7) is 8.24. The van der Waals surface area contributed by atoms with Gasteiger partial charge in [0.25, 0.3) is 0 Å². The molecule has 0 spiro atoms. The molecular weight excluding hydrogens is 222 g/mol. The third-order valence-corrected chi connectivity index (χ3v) is 5.21. The van der Waals surface area contributed by atoms with E-state index in [0.717, 1.165) is 12.5 Å². The molecule has 3 nitrogen and oxygen atoms in total. The Bertz CT molecular complexity index is 250. The molecule has 1 aliphatic heterocycles. The lowest BCUT2D eigenvalue weighted by Gasteiger charge is -2.46. The van der Waals surface area contributed by atoms with E-state index in [-0.39, 0.29) is 5.54 Å². The van der Waals surface area contributed by atoms with Crippen LogP contribution in [0.1, 0.15) is 45.4 Å². The molecule has 2 unspecified atom stereocenters. The van der Waals surface area contributed by atoms with Gasteiger partial charge < -0.3 is 10.6 Å². The molecule has 0 amide bonds. The van der Waals surface area contributed by atoms with Crippen molar-refractivity contribution in [3.8, 4) is 0 Å². The molecule has 2 N–H and O–H groups in total. The van der Waals surface area contributed by atoms with E-state index in [2.05, 4.69) is 23.8 Å². The molecule has 0 radical (unpaired) electrons. The van der Waals surface area contributed by atoms with Crippen molar-refractivity contribution < 1.29 is 0 Å². The molecule has 3 heteroatoms. The van der Waals surface area contributed by atoms with E-state index in [1.54, 1.807) is 0 Å². The molecule has 0 aromatic rings. The lowest BCUT2D eigenvalue weighted by atomic mass is 9.75. The van der Waals surface area contributed by atoms with Gasteiger partial charge in [-0.1, -0.05) is 19.8 Å². The Kier molecular flexibility index (Phi) is 5.05. The first-order chi connectivity index (χ1) is 8.66. The summed E-state index contributed by atoms with van der Waals surface area (Å²) >= 11 is 0. The van der Waals surface area contributed by atoms with E-state index in [0.29, 0.717) is 0 Å². The minimum Gasteiger partial charge on any atom is -0.329 e. The molecule has 1 aliphatic carbocycles. The molecule has 106 valence electrons. The SMILES string of the molecule is CC1CCCC(CN)(N(C)CCN2CCCC2)C1. The lowest BCUT2D eigenvalue weighted by Crippen LogP contribution is -2.56. The van der Waals surface area contributed by atoms with Gasteiger partial charge in [-0.3, -0.25) is 4.90 Å². The molecule has 1 heterocycles. The van der Waals surface area contributed by atoms with Gasteiger partial charge in [0.1, 0.15) is 0 Å². The maximum atomic E-state index is 6.13. The number of rotatable bonds is 5. The Morgan fingerprint density at radius 3 is 2.61 bits per heavy atom. The van der Waals surface area contributed by atoms with E-state index in [1.165, 1.54) is 64.7 Å². The highest BCUT2D eigenvalue weighted by atomic mass is 15.2. The van der Waals surface area contributed by atoms with Gasteiger partial charge in [0.2, 0.25) is 0 Å². The predicted molar refractivity (Wildman–Crippen MR) is 77.7 cm³/mol. The molecule has 1 saturated heterocycles. The van der Waals surface area contributed by atoms with E-state index in [9.17, 15) is 0 Å². The van der Waals surface area contributed by atoms with Crippen LogP contribution in [0.2, 0.25) is 0 Å². The zero-order valence-electron chi connectivity index (χ0n) is 12.3. The van der Waals surface area contributed by atoms with Crippen molar-refractivity contribution in [2.24, 2.45) is 11.7 Å². The van der Waals surface area contributed by atoms with Crippen LogP contribution in [0.25, 0.3) is 0 Å². The summed E-state index contributed by atoms with van der Waals surface area (Å²) in [6.07, 6.45) is 8.12. The van der Waals surface area contributed by atoms with Crippen molar-refractivity contribution in [2.45, 2.75) is 51.0 Å². The van der Waals surface area contributed by atoms with Gasteiger partial charge in [0, 0.05) is 25.2 Å². The summed E-state index contributed by atoms with van der Waals surface area (Å²) in [7, 11) is 2.29. The molecule has 1 saturated carbocycles. The Hall–Kier alpha value is -0.120. The van der Waals surface area contributed by atoms with E-state index in [4.69, 9.17) is 5.73 Å². The topological polar surface area (TPSA) is 32.5 Å². The molecule has 18 heavy (non-hydrogen) atoms. The second-order valence-corrected chi connectivity index (χ2v) is 6.60. The third kappa shape index (κ3) is 3.25. The highest BCUT2D eigenvalue weighted by Crippen LogP contribution is 2.35. The van der Waals surface area contributed by atoms with Crippen LogP contribution in [0.5, 0.6) is 0 Å². The summed E-state index contributed by atoms with van der Waals surface area (Å²) in [5, 5.41) is 0. The fourth-order valence-corrected chi connectivity index (χ4v) is 3.86. The van der Waals surface area contributed by atoms with E-state index in [1.807, 2.05) is 0 Å². The largest absolute Gasteiger partial charge is 0.329 e. The predicted octanol–water partition coefficient (Wildman–Crippen LogP) is 1.92. The highest BCUT2D eigenvalue weighted by Gasteiger charge is 2.37. The zero-order chi connectivity index (χ0) is 13.0. The number of nitrogens with zero attached hydrogens (tertiary/aromatic N) is 2. The van der Waals surface area contributed by atoms with Gasteiger partial charge in [-0.05, 0) is 51.7 Å². The minimum atomic E-state index is 0.289. The van der Waals surface area contributed by atoms with Gasteiger partial charge in [-0.2, -0.15) is 0 Å². The molecule has 2 fully saturated rings. The normalized spacial score (nSPS) is 34.3. The van der Waals surface area contributed by atoms with Gasteiger partial charge in [-0.15, -0.1) is 0 Å². The maximum absolute atomic E-state index is 6.13. The number of likely N-dealkylation sites (N-methyl/N-ethyl adjacent to an activating group) is 1. The quantitative estimate of drug-likeness (QED) is 0.812. The van der Waals surface area contributed by atoms with Crippen LogP contribution in [0, 0.1) is 5.92 Å². The number of hydrogen-bond donors (Lipinski definition) is 1. The fraction of sp³-hybridized carbons (Fsp3) is 1.00. The van der Waals surface area contributed by atoms with Crippen molar-refractivity contribution in [3.05, 3.63) is 0 Å². The van der Waals surface area contributed by atoms with E-state index >= 15 is 0 Å². The Labute approximate surface area is 113 Å². The lowest BCUT2D eigenvalue weighted by molar-refractivity contribution is 0.0549. The van der Waals surface area contributed by atoms with Gasteiger partial charge in [0.05, 0.1) is 0 Å². The van der Waals surface area contributed by atoms with Crippen LogP contribution in [0.3, 0.4) is 0 Å². The fourth-order valence-electron chi connectivity index (χ4n) is 3.86. The molecular formula is C15H31N3. The second kappa shape index (κ2) is 6.36. The third-order valence-electron chi connectivity index (χ3n) is 5.21. The summed E-state index contributed by atoms with van der Waals surface area (Å²) in [4.78, 5) is 5.17. The summed E-state index contributed by atoms with van der Waals surface area (Å²) < 4.78 is 0. The van der Waals surface area contributed by atoms with Crippen molar-refractivity contribution >= 4 is 0 Å². The van der Waals surface area contributed by atoms with Crippen molar-refractivity contribution in [2.75, 3.05) is 39.8 Å². The Morgan fingerprint density at radius 1 is 1.28 bits per heavy atom.